The van der Waals surface area contributed by atoms with Crippen molar-refractivity contribution >= 4 is 22.9 Å². The molecular weight excluding hydrogens is 290 g/mol. The van der Waals surface area contributed by atoms with Crippen molar-refractivity contribution in [2.45, 2.75) is 31.3 Å². The Bertz CT molecular complexity index is 569. The lowest BCUT2D eigenvalue weighted by Crippen LogP contribution is -2.30. The van der Waals surface area contributed by atoms with Crippen molar-refractivity contribution < 1.29 is 5.11 Å². The van der Waals surface area contributed by atoms with Crippen LogP contribution in [0.5, 0.6) is 0 Å². The number of aliphatic hydroxyl groups is 1. The molecule has 0 amide bonds. The molecule has 106 valence electrons. The monoisotopic (exact) mass is 307 g/mol. The molecule has 1 unspecified atom stereocenters. The van der Waals surface area contributed by atoms with Crippen LogP contribution in [0.2, 0.25) is 4.34 Å². The summed E-state index contributed by atoms with van der Waals surface area (Å²) in [7, 11) is 0. The van der Waals surface area contributed by atoms with Crippen molar-refractivity contribution in [2.75, 3.05) is 6.61 Å². The third-order valence-electron chi connectivity index (χ3n) is 3.87. The fraction of sp³-hybridized carbons (Fsp3) is 0.375. The molecular formula is C16H18ClNOS. The maximum absolute atomic E-state index is 9.68. The van der Waals surface area contributed by atoms with Crippen molar-refractivity contribution in [3.8, 4) is 0 Å². The molecule has 0 bridgehead atoms. The summed E-state index contributed by atoms with van der Waals surface area (Å²) in [6, 6.07) is 12.5. The Morgan fingerprint density at radius 2 is 2.15 bits per heavy atom. The zero-order valence-electron chi connectivity index (χ0n) is 11.2. The Morgan fingerprint density at radius 3 is 2.90 bits per heavy atom. The molecule has 20 heavy (non-hydrogen) atoms. The van der Waals surface area contributed by atoms with Gasteiger partial charge in [0.05, 0.1) is 17.0 Å². The molecule has 0 saturated heterocycles. The van der Waals surface area contributed by atoms with Gasteiger partial charge >= 0.3 is 0 Å². The highest BCUT2D eigenvalue weighted by Gasteiger charge is 2.25. The summed E-state index contributed by atoms with van der Waals surface area (Å²) in [5.74, 6) is 0. The summed E-state index contributed by atoms with van der Waals surface area (Å²) in [4.78, 5) is 1.39. The lowest BCUT2D eigenvalue weighted by atomic mass is 9.92. The van der Waals surface area contributed by atoms with E-state index in [0.29, 0.717) is 6.04 Å². The predicted molar refractivity (Wildman–Crippen MR) is 84.4 cm³/mol. The molecule has 2 nitrogen and oxygen atoms in total. The van der Waals surface area contributed by atoms with Gasteiger partial charge in [-0.05, 0) is 36.5 Å². The quantitative estimate of drug-likeness (QED) is 0.891. The van der Waals surface area contributed by atoms with E-state index >= 15 is 0 Å². The topological polar surface area (TPSA) is 32.3 Å². The van der Waals surface area contributed by atoms with Gasteiger partial charge < -0.3 is 10.4 Å². The largest absolute Gasteiger partial charge is 0.394 e. The summed E-state index contributed by atoms with van der Waals surface area (Å²) in [5, 5.41) is 13.3. The number of rotatable bonds is 4. The van der Waals surface area contributed by atoms with Gasteiger partial charge in [-0.2, -0.15) is 0 Å². The molecule has 0 saturated carbocycles. The van der Waals surface area contributed by atoms with Crippen molar-refractivity contribution in [1.82, 2.24) is 5.32 Å². The van der Waals surface area contributed by atoms with Gasteiger partial charge in [0.15, 0.2) is 0 Å². The van der Waals surface area contributed by atoms with Gasteiger partial charge in [-0.25, -0.2) is 0 Å². The van der Waals surface area contributed by atoms with Crippen LogP contribution in [0.1, 0.15) is 40.9 Å². The number of thiophene rings is 1. The first kappa shape index (κ1) is 14.1. The van der Waals surface area contributed by atoms with Crippen molar-refractivity contribution in [3.05, 3.63) is 56.7 Å². The fourth-order valence-electron chi connectivity index (χ4n) is 2.88. The highest BCUT2D eigenvalue weighted by Crippen LogP contribution is 2.38. The molecule has 1 aromatic carbocycles. The normalized spacial score (nSPS) is 19.6. The standard InChI is InChI=1S/C16H18ClNOS/c17-16-9-12-13(7-4-8-15(12)20-16)18-14(10-19)11-5-2-1-3-6-11/h1-3,5-6,9,13-14,18-19H,4,7-8,10H2/t13?,14-/m0/s1. The van der Waals surface area contributed by atoms with Crippen molar-refractivity contribution in [3.63, 3.8) is 0 Å². The van der Waals surface area contributed by atoms with E-state index in [4.69, 9.17) is 11.6 Å². The highest BCUT2D eigenvalue weighted by atomic mass is 35.5. The molecule has 0 spiro atoms. The summed E-state index contributed by atoms with van der Waals surface area (Å²) < 4.78 is 0.865. The maximum Gasteiger partial charge on any atom is 0.0934 e. The lowest BCUT2D eigenvalue weighted by Gasteiger charge is -2.28. The van der Waals surface area contributed by atoms with E-state index in [1.807, 2.05) is 18.2 Å². The minimum absolute atomic E-state index is 0.0224. The first-order chi connectivity index (χ1) is 9.78. The SMILES string of the molecule is OC[C@H](NC1CCCc2sc(Cl)cc21)c1ccccc1. The Hall–Kier alpha value is -0.870. The summed E-state index contributed by atoms with van der Waals surface area (Å²) in [5.41, 5.74) is 2.45. The number of hydrogen-bond donors (Lipinski definition) is 2. The molecule has 1 aromatic heterocycles. The van der Waals surface area contributed by atoms with Gasteiger partial charge in [-0.1, -0.05) is 41.9 Å². The number of aliphatic hydroxyl groups excluding tert-OH is 1. The summed E-state index contributed by atoms with van der Waals surface area (Å²) in [6.45, 7) is 0.105. The van der Waals surface area contributed by atoms with E-state index in [1.54, 1.807) is 11.3 Å². The number of halogens is 1. The van der Waals surface area contributed by atoms with E-state index in [9.17, 15) is 5.11 Å². The Morgan fingerprint density at radius 1 is 1.35 bits per heavy atom. The van der Waals surface area contributed by atoms with E-state index < -0.39 is 0 Å². The Balaban J connectivity index is 1.80. The molecule has 0 fully saturated rings. The van der Waals surface area contributed by atoms with Crippen molar-refractivity contribution in [2.24, 2.45) is 0 Å². The zero-order chi connectivity index (χ0) is 13.9. The predicted octanol–water partition coefficient (Wildman–Crippen LogP) is 4.10. The van der Waals surface area contributed by atoms with E-state index in [0.717, 1.165) is 22.7 Å². The maximum atomic E-state index is 9.68. The molecule has 4 heteroatoms. The number of nitrogens with one attached hydrogen (secondary N) is 1. The van der Waals surface area contributed by atoms with Gasteiger partial charge in [0.1, 0.15) is 0 Å². The van der Waals surface area contributed by atoms with Crippen LogP contribution < -0.4 is 5.32 Å². The van der Waals surface area contributed by atoms with Crippen LogP contribution in [0, 0.1) is 0 Å². The number of hydrogen-bond acceptors (Lipinski definition) is 3. The molecule has 0 aliphatic heterocycles. The Kier molecular flexibility index (Phi) is 4.41. The summed E-state index contributed by atoms with van der Waals surface area (Å²) >= 11 is 7.83. The van der Waals surface area contributed by atoms with Gasteiger partial charge in [-0.15, -0.1) is 11.3 Å². The van der Waals surface area contributed by atoms with Gasteiger partial charge in [0.25, 0.3) is 0 Å². The minimum Gasteiger partial charge on any atom is -0.394 e. The van der Waals surface area contributed by atoms with Crippen LogP contribution in [-0.2, 0) is 6.42 Å². The fourth-order valence-corrected chi connectivity index (χ4v) is 4.26. The highest BCUT2D eigenvalue weighted by molar-refractivity contribution is 7.16. The van der Waals surface area contributed by atoms with Crippen LogP contribution in [-0.4, -0.2) is 11.7 Å². The number of benzene rings is 1. The Labute approximate surface area is 128 Å². The third-order valence-corrected chi connectivity index (χ3v) is 5.21. The van der Waals surface area contributed by atoms with Gasteiger partial charge in [0.2, 0.25) is 0 Å². The van der Waals surface area contributed by atoms with Crippen molar-refractivity contribution in [1.29, 1.82) is 0 Å². The first-order valence-electron chi connectivity index (χ1n) is 6.98. The molecule has 2 atom stereocenters. The van der Waals surface area contributed by atoms with Crippen LogP contribution >= 0.6 is 22.9 Å². The van der Waals surface area contributed by atoms with Gasteiger partial charge in [-0.3, -0.25) is 0 Å². The molecule has 2 N–H and O–H groups in total. The zero-order valence-corrected chi connectivity index (χ0v) is 12.8. The second-order valence-corrected chi connectivity index (χ2v) is 6.95. The molecule has 0 radical (unpaired) electrons. The van der Waals surface area contributed by atoms with Crippen LogP contribution in [0.4, 0.5) is 0 Å². The second kappa shape index (κ2) is 6.27. The number of fused-ring (bicyclic) bond motifs is 1. The lowest BCUT2D eigenvalue weighted by molar-refractivity contribution is 0.228. The van der Waals surface area contributed by atoms with Crippen LogP contribution in [0.15, 0.2) is 36.4 Å². The molecule has 2 aromatic rings. The first-order valence-corrected chi connectivity index (χ1v) is 8.17. The van der Waals surface area contributed by atoms with E-state index in [2.05, 4.69) is 23.5 Å². The molecule has 1 heterocycles. The molecule has 3 rings (SSSR count). The van der Waals surface area contributed by atoms with E-state index in [-0.39, 0.29) is 12.6 Å². The smallest absolute Gasteiger partial charge is 0.0934 e. The molecule has 1 aliphatic carbocycles. The van der Waals surface area contributed by atoms with Crippen LogP contribution in [0.3, 0.4) is 0 Å². The van der Waals surface area contributed by atoms with E-state index in [1.165, 1.54) is 16.9 Å². The molecule has 1 aliphatic rings. The van der Waals surface area contributed by atoms with Crippen LogP contribution in [0.25, 0.3) is 0 Å². The second-order valence-electron chi connectivity index (χ2n) is 5.19. The average Bonchev–Trinajstić information content (AvgIpc) is 2.86. The third kappa shape index (κ3) is 2.91. The van der Waals surface area contributed by atoms with Gasteiger partial charge in [0, 0.05) is 10.9 Å². The minimum atomic E-state index is -0.0224. The summed E-state index contributed by atoms with van der Waals surface area (Å²) in [6.07, 6.45) is 3.40. The number of aryl methyl sites for hydroxylation is 1. The average molecular weight is 308 g/mol.